The summed E-state index contributed by atoms with van der Waals surface area (Å²) in [4.78, 5) is 30.6. The first-order valence-corrected chi connectivity index (χ1v) is 11.0. The van der Waals surface area contributed by atoms with Gasteiger partial charge in [-0.25, -0.2) is 8.78 Å². The third-order valence-electron chi connectivity index (χ3n) is 6.35. The summed E-state index contributed by atoms with van der Waals surface area (Å²) in [5.41, 5.74) is 2.70. The van der Waals surface area contributed by atoms with Gasteiger partial charge in [-0.1, -0.05) is 24.3 Å². The van der Waals surface area contributed by atoms with Crippen LogP contribution < -0.4 is 5.43 Å². The summed E-state index contributed by atoms with van der Waals surface area (Å²) in [5, 5.41) is 11.5. The van der Waals surface area contributed by atoms with Gasteiger partial charge in [0, 0.05) is 35.6 Å². The second kappa shape index (κ2) is 8.44. The number of amides is 1. The van der Waals surface area contributed by atoms with E-state index < -0.39 is 28.7 Å². The van der Waals surface area contributed by atoms with Crippen molar-refractivity contribution in [3.8, 4) is 5.75 Å². The molecule has 0 bridgehead atoms. The molecule has 0 spiro atoms. The van der Waals surface area contributed by atoms with Crippen LogP contribution in [-0.4, -0.2) is 27.4 Å². The molecular formula is C26H22F2N2O4. The van der Waals surface area contributed by atoms with E-state index in [1.165, 1.54) is 18.6 Å². The molecule has 1 atom stereocenters. The van der Waals surface area contributed by atoms with Gasteiger partial charge in [0.25, 0.3) is 0 Å². The first kappa shape index (κ1) is 21.9. The van der Waals surface area contributed by atoms with Gasteiger partial charge in [-0.05, 0) is 42.7 Å². The minimum Gasteiger partial charge on any atom is -0.502 e. The van der Waals surface area contributed by atoms with Crippen molar-refractivity contribution in [2.75, 3.05) is 6.54 Å². The Morgan fingerprint density at radius 1 is 1.18 bits per heavy atom. The number of nitrogens with one attached hydrogen (secondary N) is 1. The van der Waals surface area contributed by atoms with Crippen LogP contribution in [0.15, 0.2) is 57.7 Å². The monoisotopic (exact) mass is 464 g/mol. The van der Waals surface area contributed by atoms with E-state index in [9.17, 15) is 23.5 Å². The normalized spacial score (nSPS) is 14.3. The zero-order valence-corrected chi connectivity index (χ0v) is 18.4. The molecule has 3 heterocycles. The summed E-state index contributed by atoms with van der Waals surface area (Å²) in [7, 11) is 0. The smallest absolute Gasteiger partial charge is 0.227 e. The van der Waals surface area contributed by atoms with Gasteiger partial charge < -0.3 is 19.4 Å². The zero-order chi connectivity index (χ0) is 24.0. The molecule has 0 unspecified atom stereocenters. The van der Waals surface area contributed by atoms with Gasteiger partial charge in [0.05, 0.1) is 12.5 Å². The summed E-state index contributed by atoms with van der Waals surface area (Å²) in [6, 6.07) is 12.3. The van der Waals surface area contributed by atoms with E-state index in [4.69, 9.17) is 4.42 Å². The highest BCUT2D eigenvalue weighted by atomic mass is 19.2. The summed E-state index contributed by atoms with van der Waals surface area (Å²) >= 11 is 0. The number of H-pyrrole nitrogens is 1. The Morgan fingerprint density at radius 2 is 1.97 bits per heavy atom. The lowest BCUT2D eigenvalue weighted by Gasteiger charge is -2.29. The molecule has 6 nitrogen and oxygen atoms in total. The second-order valence-corrected chi connectivity index (χ2v) is 8.56. The molecule has 2 aromatic carbocycles. The fraction of sp³-hybridized carbons (Fsp3) is 0.231. The Bertz CT molecular complexity index is 1470. The summed E-state index contributed by atoms with van der Waals surface area (Å²) < 4.78 is 33.2. The number of aromatic hydroxyl groups is 1. The van der Waals surface area contributed by atoms with Gasteiger partial charge in [0.15, 0.2) is 17.4 Å². The summed E-state index contributed by atoms with van der Waals surface area (Å²) in [6.07, 6.45) is 0.478. The van der Waals surface area contributed by atoms with E-state index in [0.29, 0.717) is 19.5 Å². The summed E-state index contributed by atoms with van der Waals surface area (Å²) in [6.45, 7) is 2.40. The molecular weight excluding hydrogens is 442 g/mol. The van der Waals surface area contributed by atoms with E-state index in [0.717, 1.165) is 34.8 Å². The number of fused-ring (bicyclic) bond motifs is 3. The lowest BCUT2D eigenvalue weighted by Crippen LogP contribution is -2.36. The quantitative estimate of drug-likeness (QED) is 0.465. The van der Waals surface area contributed by atoms with Crippen molar-refractivity contribution in [3.05, 3.63) is 98.7 Å². The fourth-order valence-corrected chi connectivity index (χ4v) is 4.66. The maximum Gasteiger partial charge on any atom is 0.227 e. The lowest BCUT2D eigenvalue weighted by atomic mass is 9.91. The largest absolute Gasteiger partial charge is 0.502 e. The molecule has 2 N–H and O–H groups in total. The van der Waals surface area contributed by atoms with Gasteiger partial charge in [-0.3, -0.25) is 9.59 Å². The number of hydrogen-bond acceptors (Lipinski definition) is 4. The predicted molar refractivity (Wildman–Crippen MR) is 122 cm³/mol. The van der Waals surface area contributed by atoms with Crippen LogP contribution in [-0.2, 0) is 17.8 Å². The van der Waals surface area contributed by atoms with Crippen molar-refractivity contribution in [2.45, 2.75) is 32.2 Å². The van der Waals surface area contributed by atoms with E-state index in [2.05, 4.69) is 4.98 Å². The van der Waals surface area contributed by atoms with Crippen LogP contribution in [0.2, 0.25) is 0 Å². The average Bonchev–Trinajstić information content (AvgIpc) is 3.19. The Kier molecular flexibility index (Phi) is 5.43. The first-order valence-electron chi connectivity index (χ1n) is 11.0. The number of halogens is 2. The number of nitrogens with zero attached hydrogens (tertiary/aromatic N) is 1. The average molecular weight is 464 g/mol. The number of hydrogen-bond donors (Lipinski definition) is 2. The third-order valence-corrected chi connectivity index (χ3v) is 6.35. The molecule has 8 heteroatoms. The highest BCUT2D eigenvalue weighted by molar-refractivity contribution is 5.86. The van der Waals surface area contributed by atoms with Gasteiger partial charge in [-0.15, -0.1) is 0 Å². The van der Waals surface area contributed by atoms with E-state index in [1.807, 2.05) is 24.3 Å². The molecule has 0 fully saturated rings. The number of carbonyl (C=O) groups is 1. The highest BCUT2D eigenvalue weighted by Gasteiger charge is 2.30. The number of aryl methyl sites for hydroxylation is 1. The molecule has 4 aromatic rings. The van der Waals surface area contributed by atoms with E-state index in [-0.39, 0.29) is 29.4 Å². The van der Waals surface area contributed by atoms with Crippen LogP contribution in [0.25, 0.3) is 10.9 Å². The predicted octanol–water partition coefficient (Wildman–Crippen LogP) is 4.52. The lowest BCUT2D eigenvalue weighted by molar-refractivity contribution is -0.132. The first-order chi connectivity index (χ1) is 16.3. The Balaban J connectivity index is 1.48. The van der Waals surface area contributed by atoms with E-state index in [1.54, 1.807) is 4.90 Å². The van der Waals surface area contributed by atoms with E-state index >= 15 is 0 Å². The number of aromatic nitrogens is 1. The number of carbonyl (C=O) groups excluding carboxylic acids is 1. The van der Waals surface area contributed by atoms with Gasteiger partial charge in [0.2, 0.25) is 17.1 Å². The van der Waals surface area contributed by atoms with Crippen LogP contribution >= 0.6 is 0 Å². The molecule has 5 rings (SSSR count). The van der Waals surface area contributed by atoms with Gasteiger partial charge >= 0.3 is 0 Å². The van der Waals surface area contributed by atoms with Crippen molar-refractivity contribution >= 4 is 16.8 Å². The minimum absolute atomic E-state index is 0.146. The van der Waals surface area contributed by atoms with Crippen LogP contribution in [0.4, 0.5) is 8.78 Å². The molecule has 34 heavy (non-hydrogen) atoms. The van der Waals surface area contributed by atoms with Crippen LogP contribution in [0.3, 0.4) is 0 Å². The van der Waals surface area contributed by atoms with Gasteiger partial charge in [0.1, 0.15) is 5.76 Å². The molecule has 1 aliphatic heterocycles. The topological polar surface area (TPSA) is 86.5 Å². The zero-order valence-electron chi connectivity index (χ0n) is 18.4. The van der Waals surface area contributed by atoms with Crippen molar-refractivity contribution in [3.63, 3.8) is 0 Å². The number of aromatic amines is 1. The van der Waals surface area contributed by atoms with Crippen LogP contribution in [0, 0.1) is 18.6 Å². The number of para-hydroxylation sites is 1. The Morgan fingerprint density at radius 3 is 2.76 bits per heavy atom. The minimum atomic E-state index is -1.09. The van der Waals surface area contributed by atoms with Crippen LogP contribution in [0.1, 0.15) is 40.7 Å². The molecule has 1 amide bonds. The van der Waals surface area contributed by atoms with Crippen molar-refractivity contribution in [1.82, 2.24) is 9.88 Å². The Hall–Kier alpha value is -3.94. The standard InChI is InChI=1S/C26H22F2N2O4/c1-14-10-23(31)25(33)26(34-14)18(15-6-7-19(27)20(28)11-15)12-24(32)30-9-8-17-16-4-2-3-5-21(16)29-22(17)13-30/h2-7,10-11,18,29,33H,8-9,12-13H2,1H3/t18-/m1/s1. The van der Waals surface area contributed by atoms with Crippen LogP contribution in [0.5, 0.6) is 5.75 Å². The molecule has 174 valence electrons. The summed E-state index contributed by atoms with van der Waals surface area (Å²) in [5.74, 6) is -3.92. The van der Waals surface area contributed by atoms with Crippen molar-refractivity contribution in [1.29, 1.82) is 0 Å². The molecule has 2 aromatic heterocycles. The SMILES string of the molecule is Cc1cc(=O)c(O)c([C@H](CC(=O)N2CCc3c([nH]c4ccccc34)C2)c2ccc(F)c(F)c2)o1. The van der Waals surface area contributed by atoms with Crippen molar-refractivity contribution < 1.29 is 23.1 Å². The Labute approximate surface area is 193 Å². The molecule has 0 saturated carbocycles. The molecule has 1 aliphatic rings. The van der Waals surface area contributed by atoms with Crippen molar-refractivity contribution in [2.24, 2.45) is 0 Å². The number of rotatable bonds is 4. The highest BCUT2D eigenvalue weighted by Crippen LogP contribution is 2.35. The maximum atomic E-state index is 14.0. The fourth-order valence-electron chi connectivity index (χ4n) is 4.66. The number of benzene rings is 2. The van der Waals surface area contributed by atoms with Gasteiger partial charge in [-0.2, -0.15) is 0 Å². The molecule has 0 radical (unpaired) electrons. The second-order valence-electron chi connectivity index (χ2n) is 8.56. The maximum absolute atomic E-state index is 14.0. The molecule has 0 saturated heterocycles. The molecule has 0 aliphatic carbocycles. The third kappa shape index (κ3) is 3.85.